The van der Waals surface area contributed by atoms with E-state index in [1.165, 1.54) is 6.92 Å². The lowest BCUT2D eigenvalue weighted by Gasteiger charge is -2.22. The molecule has 8 heteroatoms. The normalized spacial score (nSPS) is 12.4. The van der Waals surface area contributed by atoms with Crippen LogP contribution in [0.25, 0.3) is 0 Å². The monoisotopic (exact) mass is 303 g/mol. The van der Waals surface area contributed by atoms with Crippen LogP contribution in [-0.2, 0) is 23.6 Å². The maximum absolute atomic E-state index is 11.9. The molecule has 20 heavy (non-hydrogen) atoms. The molecule has 2 N–H and O–H groups in total. The minimum atomic E-state index is -2.11. The summed E-state index contributed by atoms with van der Waals surface area (Å²) in [6, 6.07) is -1.01. The Balaban J connectivity index is 4.63. The summed E-state index contributed by atoms with van der Waals surface area (Å²) in [7, 11) is -2.11. The van der Waals surface area contributed by atoms with Gasteiger partial charge >= 0.3 is 17.9 Å². The molecule has 7 nitrogen and oxygen atoms in total. The molecule has 0 saturated heterocycles. The summed E-state index contributed by atoms with van der Waals surface area (Å²) in [4.78, 5) is 38.4. The highest BCUT2D eigenvalue weighted by molar-refractivity contribution is 6.71. The van der Waals surface area contributed by atoms with E-state index in [0.717, 1.165) is 0 Å². The third-order valence-electron chi connectivity index (χ3n) is 1.98. The number of carboxylic acids is 1. The summed E-state index contributed by atoms with van der Waals surface area (Å²) < 4.78 is 5.26. The molecule has 1 atom stereocenters. The molecule has 0 aliphatic rings. The Morgan fingerprint density at radius 1 is 1.30 bits per heavy atom. The zero-order valence-electron chi connectivity index (χ0n) is 12.2. The van der Waals surface area contributed by atoms with E-state index < -0.39 is 32.3 Å². The average molecular weight is 303 g/mol. The molecule has 114 valence electrons. The van der Waals surface area contributed by atoms with E-state index in [-0.39, 0.29) is 18.4 Å². The molecule has 0 fully saturated rings. The molecular formula is C12H21NO6Si. The van der Waals surface area contributed by atoms with Crippen molar-refractivity contribution in [1.82, 2.24) is 5.48 Å². The number of aliphatic carboxylic acids is 1. The van der Waals surface area contributed by atoms with Gasteiger partial charge in [0.25, 0.3) is 0 Å². The highest BCUT2D eigenvalue weighted by Gasteiger charge is 2.28. The van der Waals surface area contributed by atoms with Crippen LogP contribution < -0.4 is 5.48 Å². The molecule has 0 spiro atoms. The van der Waals surface area contributed by atoms with Crippen LogP contribution in [0.3, 0.4) is 0 Å². The summed E-state index contributed by atoms with van der Waals surface area (Å²) in [5, 5.41) is 8.65. The average Bonchev–Trinajstić information content (AvgIpc) is 2.25. The van der Waals surface area contributed by atoms with Gasteiger partial charge in [-0.15, -0.1) is 5.48 Å². The highest BCUT2D eigenvalue weighted by Crippen LogP contribution is 2.08. The Kier molecular flexibility index (Phi) is 7.15. The topological polar surface area (TPSA) is 102 Å². The number of rotatable bonds is 8. The lowest BCUT2D eigenvalue weighted by atomic mass is 10.2. The Hall–Kier alpha value is -1.67. The summed E-state index contributed by atoms with van der Waals surface area (Å²) in [6.07, 6.45) is -0.287. The zero-order chi connectivity index (χ0) is 15.9. The molecular weight excluding hydrogens is 282 g/mol. The first kappa shape index (κ1) is 18.3. The van der Waals surface area contributed by atoms with E-state index in [4.69, 9.17) is 9.53 Å². The molecule has 0 aromatic carbocycles. The van der Waals surface area contributed by atoms with Crippen LogP contribution in [0.15, 0.2) is 12.2 Å². The Labute approximate surface area is 119 Å². The smallest absolute Gasteiger partial charge is 0.351 e. The molecule has 0 rings (SSSR count). The van der Waals surface area contributed by atoms with Crippen molar-refractivity contribution < 1.29 is 28.8 Å². The van der Waals surface area contributed by atoms with E-state index >= 15 is 0 Å². The SMILES string of the molecule is C=C(C)C(=O)ON[C@@H](CCC(=O)O)C(=O)O[Si](C)(C)C. The van der Waals surface area contributed by atoms with Crippen molar-refractivity contribution in [3.63, 3.8) is 0 Å². The highest BCUT2D eigenvalue weighted by atomic mass is 28.4. The van der Waals surface area contributed by atoms with Crippen LogP contribution in [0.2, 0.25) is 19.6 Å². The van der Waals surface area contributed by atoms with Crippen molar-refractivity contribution in [3.8, 4) is 0 Å². The van der Waals surface area contributed by atoms with Gasteiger partial charge < -0.3 is 14.4 Å². The van der Waals surface area contributed by atoms with Crippen LogP contribution in [0.5, 0.6) is 0 Å². The number of carbonyl (C=O) groups excluding carboxylic acids is 2. The number of hydrogen-bond acceptors (Lipinski definition) is 6. The molecule has 0 saturated carbocycles. The van der Waals surface area contributed by atoms with Crippen LogP contribution in [0, 0.1) is 0 Å². The van der Waals surface area contributed by atoms with E-state index in [9.17, 15) is 14.4 Å². The summed E-state index contributed by atoms with van der Waals surface area (Å²) in [6.45, 7) is 10.3. The van der Waals surface area contributed by atoms with Crippen LogP contribution >= 0.6 is 0 Å². The summed E-state index contributed by atoms with van der Waals surface area (Å²) in [5.74, 6) is -2.39. The van der Waals surface area contributed by atoms with E-state index in [0.29, 0.717) is 0 Å². The molecule has 0 bridgehead atoms. The van der Waals surface area contributed by atoms with E-state index in [1.807, 2.05) is 19.6 Å². The van der Waals surface area contributed by atoms with E-state index in [2.05, 4.69) is 16.9 Å². The first-order chi connectivity index (χ1) is 9.03. The molecule has 0 amide bonds. The lowest BCUT2D eigenvalue weighted by molar-refractivity contribution is -0.154. The second kappa shape index (κ2) is 7.80. The van der Waals surface area contributed by atoms with E-state index in [1.54, 1.807) is 0 Å². The maximum atomic E-state index is 11.9. The van der Waals surface area contributed by atoms with Gasteiger partial charge in [-0.3, -0.25) is 9.59 Å². The number of carbonyl (C=O) groups is 3. The number of nitrogens with one attached hydrogen (secondary N) is 1. The molecule has 0 aromatic rings. The van der Waals surface area contributed by atoms with Crippen LogP contribution in [0.1, 0.15) is 19.8 Å². The second-order valence-corrected chi connectivity index (χ2v) is 9.74. The van der Waals surface area contributed by atoms with Crippen molar-refractivity contribution >= 4 is 26.2 Å². The van der Waals surface area contributed by atoms with Gasteiger partial charge in [-0.25, -0.2) is 4.79 Å². The van der Waals surface area contributed by atoms with Crippen molar-refractivity contribution in [2.45, 2.75) is 45.4 Å². The van der Waals surface area contributed by atoms with Gasteiger partial charge in [-0.1, -0.05) is 6.58 Å². The Bertz CT molecular complexity index is 401. The van der Waals surface area contributed by atoms with Crippen molar-refractivity contribution in [1.29, 1.82) is 0 Å². The predicted octanol–water partition coefficient (Wildman–Crippen LogP) is 1.22. The number of hydrogen-bond donors (Lipinski definition) is 2. The summed E-state index contributed by atoms with van der Waals surface area (Å²) >= 11 is 0. The Morgan fingerprint density at radius 2 is 1.85 bits per heavy atom. The molecule has 0 aliphatic heterocycles. The molecule has 0 unspecified atom stereocenters. The molecule has 0 radical (unpaired) electrons. The minimum Gasteiger partial charge on any atom is -0.519 e. The maximum Gasteiger partial charge on any atom is 0.351 e. The van der Waals surface area contributed by atoms with Gasteiger partial charge in [0.2, 0.25) is 8.32 Å². The third-order valence-corrected chi connectivity index (χ3v) is 2.79. The lowest BCUT2D eigenvalue weighted by Crippen LogP contribution is -2.44. The van der Waals surface area contributed by atoms with Gasteiger partial charge in [-0.05, 0) is 33.0 Å². The predicted molar refractivity (Wildman–Crippen MR) is 74.1 cm³/mol. The largest absolute Gasteiger partial charge is 0.519 e. The number of carboxylic acid groups (broad SMARTS) is 1. The van der Waals surface area contributed by atoms with Crippen molar-refractivity contribution in [2.75, 3.05) is 0 Å². The fourth-order valence-corrected chi connectivity index (χ4v) is 1.82. The van der Waals surface area contributed by atoms with Crippen molar-refractivity contribution in [2.24, 2.45) is 0 Å². The molecule has 0 heterocycles. The first-order valence-electron chi connectivity index (χ1n) is 6.10. The zero-order valence-corrected chi connectivity index (χ0v) is 13.2. The van der Waals surface area contributed by atoms with Crippen LogP contribution in [-0.4, -0.2) is 37.4 Å². The van der Waals surface area contributed by atoms with Gasteiger partial charge in [0.05, 0.1) is 0 Å². The van der Waals surface area contributed by atoms with Crippen molar-refractivity contribution in [3.05, 3.63) is 12.2 Å². The first-order valence-corrected chi connectivity index (χ1v) is 9.50. The standard InChI is InChI=1S/C12H21NO6Si/c1-8(2)11(16)18-13-9(6-7-10(14)15)12(17)19-20(3,4)5/h9,13H,1,6-7H2,2-5H3,(H,14,15)/t9-/m0/s1. The van der Waals surface area contributed by atoms with Gasteiger partial charge in [0.1, 0.15) is 6.04 Å². The van der Waals surface area contributed by atoms with Gasteiger partial charge in [-0.2, -0.15) is 0 Å². The van der Waals surface area contributed by atoms with Crippen LogP contribution in [0.4, 0.5) is 0 Å². The third kappa shape index (κ3) is 8.43. The molecule has 0 aliphatic carbocycles. The Morgan fingerprint density at radius 3 is 2.25 bits per heavy atom. The summed E-state index contributed by atoms with van der Waals surface area (Å²) in [5.41, 5.74) is 2.41. The van der Waals surface area contributed by atoms with Gasteiger partial charge in [0.15, 0.2) is 0 Å². The second-order valence-electron chi connectivity index (χ2n) is 5.31. The minimum absolute atomic E-state index is 0.0396. The number of hydroxylamine groups is 1. The fourth-order valence-electron chi connectivity index (χ4n) is 1.08. The quantitative estimate of drug-likeness (QED) is 0.395. The van der Waals surface area contributed by atoms with Gasteiger partial charge in [0, 0.05) is 12.0 Å². The fraction of sp³-hybridized carbons (Fsp3) is 0.583. The molecule has 0 aromatic heterocycles.